The van der Waals surface area contributed by atoms with E-state index in [1.165, 1.54) is 12.8 Å². The average molecular weight is 511 g/mol. The monoisotopic (exact) mass is 510 g/mol. The van der Waals surface area contributed by atoms with Crippen molar-refractivity contribution in [2.45, 2.75) is 51.4 Å². The number of carbonyl (C=O) groups is 1. The van der Waals surface area contributed by atoms with E-state index in [0.717, 1.165) is 38.7 Å². The van der Waals surface area contributed by atoms with Crippen LogP contribution in [0.3, 0.4) is 0 Å². The summed E-state index contributed by atoms with van der Waals surface area (Å²) in [5.74, 6) is -0.698. The summed E-state index contributed by atoms with van der Waals surface area (Å²) in [6.07, 6.45) is 7.77. The Morgan fingerprint density at radius 1 is 0.429 bits per heavy atom. The summed E-state index contributed by atoms with van der Waals surface area (Å²) in [5, 5.41) is 8.57. The molecule has 0 aliphatic rings. The molecule has 0 saturated carbocycles. The second-order valence-electron chi connectivity index (χ2n) is 7.90. The molecule has 0 amide bonds. The van der Waals surface area contributed by atoms with E-state index in [-0.39, 0.29) is 6.42 Å². The van der Waals surface area contributed by atoms with Crippen LogP contribution in [0.5, 0.6) is 0 Å². The molecule has 0 saturated heterocycles. The Hall–Kier alpha value is -0.850. The SMILES string of the molecule is COCCOCCOCCOCCOCCOCCOCCOCCCCCCCCCC(=O)O. The molecule has 0 fully saturated rings. The first-order valence-corrected chi connectivity index (χ1v) is 13.0. The fraction of sp³-hybridized carbons (Fsp3) is 0.960. The van der Waals surface area contributed by atoms with E-state index in [1.807, 2.05) is 0 Å². The predicted molar refractivity (Wildman–Crippen MR) is 132 cm³/mol. The van der Waals surface area contributed by atoms with Crippen molar-refractivity contribution in [3.63, 3.8) is 0 Å². The average Bonchev–Trinajstić information content (AvgIpc) is 2.85. The van der Waals surface area contributed by atoms with Crippen molar-refractivity contribution in [3.05, 3.63) is 0 Å². The van der Waals surface area contributed by atoms with Gasteiger partial charge in [-0.2, -0.15) is 0 Å². The van der Waals surface area contributed by atoms with Gasteiger partial charge in [0.1, 0.15) is 0 Å². The zero-order valence-electron chi connectivity index (χ0n) is 21.9. The molecule has 0 unspecified atom stereocenters. The molecule has 0 aromatic rings. The molecule has 0 atom stereocenters. The topological polar surface area (TPSA) is 111 Å². The Kier molecular flexibility index (Phi) is 30.4. The number of hydrogen-bond donors (Lipinski definition) is 1. The lowest BCUT2D eigenvalue weighted by molar-refractivity contribution is -0.137. The lowest BCUT2D eigenvalue weighted by Crippen LogP contribution is -2.14. The summed E-state index contributed by atoms with van der Waals surface area (Å²) in [7, 11) is 1.65. The van der Waals surface area contributed by atoms with Gasteiger partial charge in [0, 0.05) is 20.1 Å². The van der Waals surface area contributed by atoms with Crippen LogP contribution in [0.15, 0.2) is 0 Å². The van der Waals surface area contributed by atoms with Crippen LogP contribution in [0.2, 0.25) is 0 Å². The molecule has 0 spiro atoms. The summed E-state index contributed by atoms with van der Waals surface area (Å²) >= 11 is 0. The molecular formula is C25H50O10. The molecule has 0 aromatic carbocycles. The lowest BCUT2D eigenvalue weighted by Gasteiger charge is -2.08. The summed E-state index contributed by atoms with van der Waals surface area (Å²) in [5.41, 5.74) is 0. The summed E-state index contributed by atoms with van der Waals surface area (Å²) < 4.78 is 42.9. The zero-order chi connectivity index (χ0) is 25.5. The molecule has 0 rings (SSSR count). The van der Waals surface area contributed by atoms with Gasteiger partial charge in [0.2, 0.25) is 0 Å². The Morgan fingerprint density at radius 3 is 1.06 bits per heavy atom. The minimum absolute atomic E-state index is 0.290. The van der Waals surface area contributed by atoms with Crippen LogP contribution >= 0.6 is 0 Å². The molecule has 0 heterocycles. The standard InChI is InChI=1S/C25H50O10/c1-28-11-12-30-15-16-32-19-20-34-23-24-35-22-21-33-18-17-31-14-13-29-10-8-6-4-2-3-5-7-9-25(26)27/h2-24H2,1H3,(H,26,27). The number of methoxy groups -OCH3 is 1. The molecule has 0 bridgehead atoms. The number of aliphatic carboxylic acids is 1. The van der Waals surface area contributed by atoms with E-state index < -0.39 is 5.97 Å². The zero-order valence-corrected chi connectivity index (χ0v) is 21.9. The largest absolute Gasteiger partial charge is 0.481 e. The molecule has 0 radical (unpaired) electrons. The lowest BCUT2D eigenvalue weighted by atomic mass is 10.1. The molecule has 0 aliphatic carbocycles. The van der Waals surface area contributed by atoms with Crippen LogP contribution in [0.25, 0.3) is 0 Å². The first-order valence-electron chi connectivity index (χ1n) is 13.0. The number of rotatable bonds is 31. The third kappa shape index (κ3) is 33.1. The van der Waals surface area contributed by atoms with Gasteiger partial charge in [-0.1, -0.05) is 32.1 Å². The highest BCUT2D eigenvalue weighted by atomic mass is 16.6. The summed E-state index contributed by atoms with van der Waals surface area (Å²) in [4.78, 5) is 10.4. The van der Waals surface area contributed by atoms with E-state index in [0.29, 0.717) is 92.5 Å². The summed E-state index contributed by atoms with van der Waals surface area (Å²) in [6, 6.07) is 0. The van der Waals surface area contributed by atoms with Gasteiger partial charge in [-0.25, -0.2) is 0 Å². The van der Waals surface area contributed by atoms with E-state index in [9.17, 15) is 4.79 Å². The van der Waals surface area contributed by atoms with Gasteiger partial charge >= 0.3 is 5.97 Å². The van der Waals surface area contributed by atoms with Gasteiger partial charge in [0.05, 0.1) is 92.5 Å². The highest BCUT2D eigenvalue weighted by molar-refractivity contribution is 5.66. The molecule has 0 aliphatic heterocycles. The van der Waals surface area contributed by atoms with Crippen molar-refractivity contribution in [1.82, 2.24) is 0 Å². The second kappa shape index (κ2) is 31.2. The third-order valence-corrected chi connectivity index (χ3v) is 4.84. The predicted octanol–water partition coefficient (Wildman–Crippen LogP) is 2.95. The Morgan fingerprint density at radius 2 is 0.714 bits per heavy atom. The van der Waals surface area contributed by atoms with Gasteiger partial charge in [0.15, 0.2) is 0 Å². The highest BCUT2D eigenvalue weighted by Crippen LogP contribution is 2.08. The fourth-order valence-electron chi connectivity index (χ4n) is 2.93. The second-order valence-corrected chi connectivity index (χ2v) is 7.90. The van der Waals surface area contributed by atoms with Gasteiger partial charge in [-0.05, 0) is 12.8 Å². The van der Waals surface area contributed by atoms with Gasteiger partial charge in [-0.3, -0.25) is 4.79 Å². The maximum atomic E-state index is 10.4. The van der Waals surface area contributed by atoms with Crippen molar-refractivity contribution in [2.75, 3.05) is 106 Å². The van der Waals surface area contributed by atoms with Crippen molar-refractivity contribution in [3.8, 4) is 0 Å². The number of ether oxygens (including phenoxy) is 8. The van der Waals surface area contributed by atoms with E-state index >= 15 is 0 Å². The van der Waals surface area contributed by atoms with Gasteiger partial charge < -0.3 is 43.0 Å². The number of unbranched alkanes of at least 4 members (excludes halogenated alkanes) is 6. The van der Waals surface area contributed by atoms with Crippen LogP contribution in [0.4, 0.5) is 0 Å². The third-order valence-electron chi connectivity index (χ3n) is 4.84. The van der Waals surface area contributed by atoms with E-state index in [4.69, 9.17) is 43.0 Å². The molecule has 1 N–H and O–H groups in total. The molecule has 10 nitrogen and oxygen atoms in total. The van der Waals surface area contributed by atoms with Crippen LogP contribution in [-0.2, 0) is 42.7 Å². The minimum atomic E-state index is -0.698. The quantitative estimate of drug-likeness (QED) is 0.140. The van der Waals surface area contributed by atoms with Crippen molar-refractivity contribution >= 4 is 5.97 Å². The van der Waals surface area contributed by atoms with Crippen molar-refractivity contribution in [1.29, 1.82) is 0 Å². The Bertz CT molecular complexity index is 412. The fourth-order valence-corrected chi connectivity index (χ4v) is 2.93. The molecule has 35 heavy (non-hydrogen) atoms. The molecule has 10 heteroatoms. The Balaban J connectivity index is 3.01. The van der Waals surface area contributed by atoms with Crippen molar-refractivity contribution in [2.24, 2.45) is 0 Å². The van der Waals surface area contributed by atoms with Crippen LogP contribution in [0.1, 0.15) is 51.4 Å². The smallest absolute Gasteiger partial charge is 0.303 e. The first kappa shape index (κ1) is 34.1. The normalized spacial score (nSPS) is 11.3. The maximum absolute atomic E-state index is 10.4. The Labute approximate surface area is 211 Å². The molecule has 0 aromatic heterocycles. The van der Waals surface area contributed by atoms with Gasteiger partial charge in [-0.15, -0.1) is 0 Å². The van der Waals surface area contributed by atoms with Crippen molar-refractivity contribution < 1.29 is 47.8 Å². The number of hydrogen-bond acceptors (Lipinski definition) is 9. The minimum Gasteiger partial charge on any atom is -0.481 e. The molecular weight excluding hydrogens is 460 g/mol. The van der Waals surface area contributed by atoms with Crippen LogP contribution < -0.4 is 0 Å². The van der Waals surface area contributed by atoms with Crippen LogP contribution in [0, 0.1) is 0 Å². The highest BCUT2D eigenvalue weighted by Gasteiger charge is 1.97. The molecule has 210 valence electrons. The van der Waals surface area contributed by atoms with Gasteiger partial charge in [0.25, 0.3) is 0 Å². The van der Waals surface area contributed by atoms with E-state index in [1.54, 1.807) is 7.11 Å². The van der Waals surface area contributed by atoms with E-state index in [2.05, 4.69) is 0 Å². The summed E-state index contributed by atoms with van der Waals surface area (Å²) in [6.45, 7) is 8.54. The van der Waals surface area contributed by atoms with Crippen LogP contribution in [-0.4, -0.2) is 117 Å². The maximum Gasteiger partial charge on any atom is 0.303 e. The number of carboxylic acid groups (broad SMARTS) is 1. The number of carboxylic acids is 1. The first-order chi connectivity index (χ1) is 17.3.